The molecule has 1 fully saturated rings. The first-order valence-electron chi connectivity index (χ1n) is 5.27. The van der Waals surface area contributed by atoms with Crippen LogP contribution in [0.2, 0.25) is 0 Å². The number of hydrogen-bond donors (Lipinski definition) is 2. The highest BCUT2D eigenvalue weighted by atomic mass is 16.4. The van der Waals surface area contributed by atoms with Crippen LogP contribution in [-0.2, 0) is 11.2 Å². The summed E-state index contributed by atoms with van der Waals surface area (Å²) in [6.07, 6.45) is 1.80. The Bertz CT molecular complexity index is 337. The fourth-order valence-corrected chi connectivity index (χ4v) is 2.18. The molecule has 15 heavy (non-hydrogen) atoms. The molecule has 0 aliphatic carbocycles. The zero-order chi connectivity index (χ0) is 10.7. The van der Waals surface area contributed by atoms with Crippen molar-refractivity contribution in [3.8, 4) is 0 Å². The monoisotopic (exact) mass is 205 g/mol. The maximum Gasteiger partial charge on any atom is 0.320 e. The number of hydrogen-bond acceptors (Lipinski definition) is 2. The van der Waals surface area contributed by atoms with Gasteiger partial charge in [-0.05, 0) is 30.9 Å². The number of carbonyl (C=O) groups is 1. The molecule has 80 valence electrons. The molecule has 1 saturated heterocycles. The molecule has 1 aromatic rings. The van der Waals surface area contributed by atoms with Gasteiger partial charge >= 0.3 is 5.97 Å². The normalized spacial score (nSPS) is 25.3. The Labute approximate surface area is 89.1 Å². The summed E-state index contributed by atoms with van der Waals surface area (Å²) in [5, 5.41) is 12.0. The molecule has 0 radical (unpaired) electrons. The van der Waals surface area contributed by atoms with Crippen molar-refractivity contribution in [2.24, 2.45) is 5.92 Å². The van der Waals surface area contributed by atoms with E-state index in [-0.39, 0.29) is 12.0 Å². The van der Waals surface area contributed by atoms with Crippen LogP contribution in [0, 0.1) is 5.92 Å². The smallest absolute Gasteiger partial charge is 0.320 e. The van der Waals surface area contributed by atoms with E-state index in [1.807, 2.05) is 18.2 Å². The van der Waals surface area contributed by atoms with Crippen molar-refractivity contribution >= 4 is 5.97 Å². The van der Waals surface area contributed by atoms with E-state index >= 15 is 0 Å². The van der Waals surface area contributed by atoms with E-state index in [9.17, 15) is 4.79 Å². The molecule has 2 N–H and O–H groups in total. The highest BCUT2D eigenvalue weighted by Crippen LogP contribution is 2.20. The topological polar surface area (TPSA) is 49.3 Å². The van der Waals surface area contributed by atoms with Gasteiger partial charge in [0.25, 0.3) is 0 Å². The van der Waals surface area contributed by atoms with Gasteiger partial charge in [0, 0.05) is 0 Å². The first-order chi connectivity index (χ1) is 7.27. The Hall–Kier alpha value is -1.35. The molecule has 2 atom stereocenters. The van der Waals surface area contributed by atoms with Gasteiger partial charge in [0.15, 0.2) is 0 Å². The van der Waals surface area contributed by atoms with Crippen molar-refractivity contribution in [2.75, 3.05) is 6.54 Å². The Kier molecular flexibility index (Phi) is 3.02. The third-order valence-electron chi connectivity index (χ3n) is 2.96. The summed E-state index contributed by atoms with van der Waals surface area (Å²) in [6, 6.07) is 9.70. The minimum Gasteiger partial charge on any atom is -0.480 e. The zero-order valence-corrected chi connectivity index (χ0v) is 8.52. The standard InChI is InChI=1S/C12H15NO2/c14-12(15)11-10(6-7-13-11)8-9-4-2-1-3-5-9/h1-5,10-11,13H,6-8H2,(H,14,15). The summed E-state index contributed by atoms with van der Waals surface area (Å²) in [5.74, 6) is -0.502. The van der Waals surface area contributed by atoms with Crippen LogP contribution in [0.15, 0.2) is 30.3 Å². The fraction of sp³-hybridized carbons (Fsp3) is 0.417. The van der Waals surface area contributed by atoms with E-state index in [1.165, 1.54) is 5.56 Å². The quantitative estimate of drug-likeness (QED) is 0.781. The van der Waals surface area contributed by atoms with E-state index in [1.54, 1.807) is 0 Å². The second-order valence-electron chi connectivity index (χ2n) is 4.01. The molecule has 1 heterocycles. The Morgan fingerprint density at radius 2 is 2.13 bits per heavy atom. The number of carboxylic acids is 1. The first-order valence-corrected chi connectivity index (χ1v) is 5.27. The second-order valence-corrected chi connectivity index (χ2v) is 4.01. The van der Waals surface area contributed by atoms with Gasteiger partial charge in [-0.2, -0.15) is 0 Å². The zero-order valence-electron chi connectivity index (χ0n) is 8.52. The highest BCUT2D eigenvalue weighted by Gasteiger charge is 2.32. The number of rotatable bonds is 3. The van der Waals surface area contributed by atoms with Crippen molar-refractivity contribution < 1.29 is 9.90 Å². The summed E-state index contributed by atoms with van der Waals surface area (Å²) in [4.78, 5) is 10.9. The van der Waals surface area contributed by atoms with Crippen molar-refractivity contribution in [3.63, 3.8) is 0 Å². The maximum atomic E-state index is 10.9. The lowest BCUT2D eigenvalue weighted by molar-refractivity contribution is -0.140. The van der Waals surface area contributed by atoms with Crippen LogP contribution in [0.25, 0.3) is 0 Å². The van der Waals surface area contributed by atoms with Gasteiger partial charge in [0.05, 0.1) is 0 Å². The average Bonchev–Trinajstić information content (AvgIpc) is 2.67. The Morgan fingerprint density at radius 3 is 2.80 bits per heavy atom. The molecular weight excluding hydrogens is 190 g/mol. The number of aliphatic carboxylic acids is 1. The lowest BCUT2D eigenvalue weighted by atomic mass is 9.93. The van der Waals surface area contributed by atoms with Crippen LogP contribution in [-0.4, -0.2) is 23.7 Å². The van der Waals surface area contributed by atoms with Crippen LogP contribution in [0.1, 0.15) is 12.0 Å². The summed E-state index contributed by atoms with van der Waals surface area (Å²) in [6.45, 7) is 0.814. The summed E-state index contributed by atoms with van der Waals surface area (Å²) in [7, 11) is 0. The molecule has 2 unspecified atom stereocenters. The van der Waals surface area contributed by atoms with Crippen LogP contribution < -0.4 is 5.32 Å². The molecular formula is C12H15NO2. The summed E-state index contributed by atoms with van der Waals surface area (Å²) >= 11 is 0. The van der Waals surface area contributed by atoms with Gasteiger partial charge in [-0.25, -0.2) is 0 Å². The van der Waals surface area contributed by atoms with E-state index in [2.05, 4.69) is 17.4 Å². The van der Waals surface area contributed by atoms with Crippen LogP contribution in [0.3, 0.4) is 0 Å². The van der Waals surface area contributed by atoms with Crippen molar-refractivity contribution in [2.45, 2.75) is 18.9 Å². The number of benzene rings is 1. The van der Waals surface area contributed by atoms with E-state index < -0.39 is 5.97 Å². The lowest BCUT2D eigenvalue weighted by Crippen LogP contribution is -2.36. The minimum atomic E-state index is -0.728. The van der Waals surface area contributed by atoms with Gasteiger partial charge < -0.3 is 10.4 Å². The van der Waals surface area contributed by atoms with Crippen LogP contribution >= 0.6 is 0 Å². The molecule has 1 aliphatic heterocycles. The van der Waals surface area contributed by atoms with Crippen molar-refractivity contribution in [1.82, 2.24) is 5.32 Å². The first kappa shape index (κ1) is 10.2. The number of nitrogens with one attached hydrogen (secondary N) is 1. The van der Waals surface area contributed by atoms with Gasteiger partial charge in [0.2, 0.25) is 0 Å². The van der Waals surface area contributed by atoms with Gasteiger partial charge in [0.1, 0.15) is 6.04 Å². The van der Waals surface area contributed by atoms with Crippen LogP contribution in [0.5, 0.6) is 0 Å². The van der Waals surface area contributed by atoms with Gasteiger partial charge in [-0.3, -0.25) is 4.79 Å². The molecule has 0 saturated carbocycles. The van der Waals surface area contributed by atoms with E-state index in [4.69, 9.17) is 5.11 Å². The molecule has 1 aromatic carbocycles. The van der Waals surface area contributed by atoms with Gasteiger partial charge in [-0.15, -0.1) is 0 Å². The molecule has 3 heteroatoms. The maximum absolute atomic E-state index is 10.9. The molecule has 0 spiro atoms. The molecule has 0 amide bonds. The lowest BCUT2D eigenvalue weighted by Gasteiger charge is -2.15. The SMILES string of the molecule is O=C(O)C1NCCC1Cc1ccccc1. The molecule has 1 aliphatic rings. The molecule has 0 bridgehead atoms. The van der Waals surface area contributed by atoms with Crippen molar-refractivity contribution in [1.29, 1.82) is 0 Å². The Balaban J connectivity index is 2.03. The summed E-state index contributed by atoms with van der Waals surface area (Å²) in [5.41, 5.74) is 1.22. The molecule has 2 rings (SSSR count). The fourth-order valence-electron chi connectivity index (χ4n) is 2.18. The summed E-state index contributed by atoms with van der Waals surface area (Å²) < 4.78 is 0. The second kappa shape index (κ2) is 4.45. The molecule has 3 nitrogen and oxygen atoms in total. The largest absolute Gasteiger partial charge is 0.480 e. The predicted molar refractivity (Wildman–Crippen MR) is 57.7 cm³/mol. The van der Waals surface area contributed by atoms with E-state index in [0.29, 0.717) is 0 Å². The van der Waals surface area contributed by atoms with Gasteiger partial charge in [-0.1, -0.05) is 30.3 Å². The van der Waals surface area contributed by atoms with Crippen LogP contribution in [0.4, 0.5) is 0 Å². The minimum absolute atomic E-state index is 0.227. The predicted octanol–water partition coefficient (Wildman–Crippen LogP) is 1.29. The third-order valence-corrected chi connectivity index (χ3v) is 2.96. The highest BCUT2D eigenvalue weighted by molar-refractivity contribution is 5.74. The van der Waals surface area contributed by atoms with Crippen molar-refractivity contribution in [3.05, 3.63) is 35.9 Å². The average molecular weight is 205 g/mol. The Morgan fingerprint density at radius 1 is 1.40 bits per heavy atom. The molecule has 0 aromatic heterocycles. The third kappa shape index (κ3) is 2.36. The van der Waals surface area contributed by atoms with E-state index in [0.717, 1.165) is 19.4 Å². The number of carboxylic acid groups (broad SMARTS) is 1.